The number of halogens is 1. The van der Waals surface area contributed by atoms with E-state index in [0.717, 1.165) is 23.0 Å². The fraction of sp³-hybridized carbons (Fsp3) is 0.526. The Hall–Kier alpha value is -1.86. The molecule has 1 N–H and O–H groups in total. The Kier molecular flexibility index (Phi) is 5.00. The van der Waals surface area contributed by atoms with Crippen molar-refractivity contribution in [3.8, 4) is 0 Å². The van der Waals surface area contributed by atoms with Crippen LogP contribution in [0, 0.1) is 11.7 Å². The summed E-state index contributed by atoms with van der Waals surface area (Å²) in [5, 5.41) is 12.4. The highest BCUT2D eigenvalue weighted by molar-refractivity contribution is 7.13. The number of carbonyl (C=O) groups is 1. The van der Waals surface area contributed by atoms with Crippen molar-refractivity contribution in [3.63, 3.8) is 0 Å². The number of nitrogens with one attached hydrogen (secondary N) is 1. The molecule has 2 aliphatic rings. The van der Waals surface area contributed by atoms with Gasteiger partial charge in [-0.3, -0.25) is 9.69 Å². The minimum Gasteiger partial charge on any atom is -0.346 e. The standard InChI is InChI=1S/C19H23FN4OS/c1-12(14-4-5-14)24(16-8-9-16)11-17-22-23-19(26-17)18(25)21-10-13-2-6-15(20)7-3-13/h2-3,6-7,12,14,16H,4-5,8-11H2,1H3,(H,21,25). The molecule has 2 saturated carbocycles. The maximum Gasteiger partial charge on any atom is 0.282 e. The van der Waals surface area contributed by atoms with Crippen LogP contribution in [0.25, 0.3) is 0 Å². The lowest BCUT2D eigenvalue weighted by Gasteiger charge is -2.28. The van der Waals surface area contributed by atoms with E-state index in [-0.39, 0.29) is 11.7 Å². The van der Waals surface area contributed by atoms with Gasteiger partial charge in [-0.25, -0.2) is 4.39 Å². The maximum absolute atomic E-state index is 12.9. The molecule has 0 bridgehead atoms. The van der Waals surface area contributed by atoms with Gasteiger partial charge in [-0.15, -0.1) is 10.2 Å². The normalized spacial score (nSPS) is 18.1. The van der Waals surface area contributed by atoms with Gasteiger partial charge in [-0.1, -0.05) is 23.5 Å². The van der Waals surface area contributed by atoms with Gasteiger partial charge < -0.3 is 5.32 Å². The smallest absolute Gasteiger partial charge is 0.282 e. The number of hydrogen-bond donors (Lipinski definition) is 1. The highest BCUT2D eigenvalue weighted by atomic mass is 32.1. The van der Waals surface area contributed by atoms with Gasteiger partial charge in [0.1, 0.15) is 10.8 Å². The quantitative estimate of drug-likeness (QED) is 0.770. The summed E-state index contributed by atoms with van der Waals surface area (Å²) in [5.41, 5.74) is 0.850. The van der Waals surface area contributed by atoms with Crippen LogP contribution in [0.15, 0.2) is 24.3 Å². The van der Waals surface area contributed by atoms with Crippen molar-refractivity contribution < 1.29 is 9.18 Å². The fourth-order valence-electron chi connectivity index (χ4n) is 3.29. The van der Waals surface area contributed by atoms with Crippen molar-refractivity contribution in [2.75, 3.05) is 0 Å². The first-order chi connectivity index (χ1) is 12.6. The minimum absolute atomic E-state index is 0.230. The van der Waals surface area contributed by atoms with E-state index in [4.69, 9.17) is 0 Å². The molecule has 0 radical (unpaired) electrons. The molecule has 1 aromatic heterocycles. The third-order valence-corrected chi connectivity index (χ3v) is 6.10. The molecule has 0 spiro atoms. The van der Waals surface area contributed by atoms with Crippen molar-refractivity contribution in [2.24, 2.45) is 5.92 Å². The van der Waals surface area contributed by atoms with E-state index in [2.05, 4.69) is 27.3 Å². The fourth-order valence-corrected chi connectivity index (χ4v) is 4.05. The van der Waals surface area contributed by atoms with Crippen LogP contribution in [0.4, 0.5) is 4.39 Å². The third kappa shape index (κ3) is 4.27. The summed E-state index contributed by atoms with van der Waals surface area (Å²) in [4.78, 5) is 14.8. The number of rotatable bonds is 8. The highest BCUT2D eigenvalue weighted by Gasteiger charge is 2.39. The molecule has 138 valence electrons. The number of hydrogen-bond acceptors (Lipinski definition) is 5. The van der Waals surface area contributed by atoms with Gasteiger partial charge >= 0.3 is 0 Å². The summed E-state index contributed by atoms with van der Waals surface area (Å²) in [7, 11) is 0. The summed E-state index contributed by atoms with van der Waals surface area (Å²) in [6.07, 6.45) is 5.19. The Bertz CT molecular complexity index is 770. The Morgan fingerprint density at radius 3 is 2.65 bits per heavy atom. The summed E-state index contributed by atoms with van der Waals surface area (Å²) < 4.78 is 12.9. The van der Waals surface area contributed by atoms with Crippen molar-refractivity contribution in [1.82, 2.24) is 20.4 Å². The Labute approximate surface area is 156 Å². The van der Waals surface area contributed by atoms with E-state index in [1.54, 1.807) is 12.1 Å². The molecule has 2 aromatic rings. The van der Waals surface area contributed by atoms with Crippen LogP contribution in [0.1, 0.15) is 53.0 Å². The second kappa shape index (κ2) is 7.40. The first-order valence-corrected chi connectivity index (χ1v) is 10.0. The number of benzene rings is 1. The molecule has 2 fully saturated rings. The van der Waals surface area contributed by atoms with Crippen LogP contribution in [0.3, 0.4) is 0 Å². The highest BCUT2D eigenvalue weighted by Crippen LogP contribution is 2.40. The molecule has 7 heteroatoms. The van der Waals surface area contributed by atoms with Crippen molar-refractivity contribution in [3.05, 3.63) is 45.7 Å². The van der Waals surface area contributed by atoms with Gasteiger partial charge in [0.05, 0.1) is 6.54 Å². The van der Waals surface area contributed by atoms with Crippen molar-refractivity contribution in [1.29, 1.82) is 0 Å². The van der Waals surface area contributed by atoms with E-state index >= 15 is 0 Å². The molecule has 1 heterocycles. The van der Waals surface area contributed by atoms with Gasteiger partial charge in [0.25, 0.3) is 5.91 Å². The lowest BCUT2D eigenvalue weighted by atomic mass is 10.2. The van der Waals surface area contributed by atoms with Gasteiger partial charge in [0.2, 0.25) is 5.01 Å². The molecule has 5 nitrogen and oxygen atoms in total. The predicted molar refractivity (Wildman–Crippen MR) is 98.2 cm³/mol. The van der Waals surface area contributed by atoms with Gasteiger partial charge in [0.15, 0.2) is 0 Å². The van der Waals surface area contributed by atoms with Crippen LogP contribution >= 0.6 is 11.3 Å². The number of aromatic nitrogens is 2. The second-order valence-corrected chi connectivity index (χ2v) is 8.35. The second-order valence-electron chi connectivity index (χ2n) is 7.29. The van der Waals surface area contributed by atoms with Crippen LogP contribution in [0.2, 0.25) is 0 Å². The Balaban J connectivity index is 1.34. The molecule has 1 unspecified atom stereocenters. The van der Waals surface area contributed by atoms with E-state index < -0.39 is 0 Å². The monoisotopic (exact) mass is 374 g/mol. The zero-order valence-electron chi connectivity index (χ0n) is 14.8. The van der Waals surface area contributed by atoms with Crippen LogP contribution in [-0.4, -0.2) is 33.1 Å². The number of carbonyl (C=O) groups excluding carboxylic acids is 1. The van der Waals surface area contributed by atoms with E-state index in [1.807, 2.05) is 0 Å². The molecule has 0 saturated heterocycles. The molecule has 26 heavy (non-hydrogen) atoms. The molecule has 1 amide bonds. The zero-order valence-corrected chi connectivity index (χ0v) is 15.6. The summed E-state index contributed by atoms with van der Waals surface area (Å²) in [6, 6.07) is 7.35. The van der Waals surface area contributed by atoms with E-state index in [0.29, 0.717) is 23.6 Å². The first-order valence-electron chi connectivity index (χ1n) is 9.21. The van der Waals surface area contributed by atoms with Gasteiger partial charge in [0, 0.05) is 18.6 Å². The Morgan fingerprint density at radius 1 is 1.27 bits per heavy atom. The lowest BCUT2D eigenvalue weighted by molar-refractivity contribution is 0.0950. The SMILES string of the molecule is CC(C1CC1)N(Cc1nnc(C(=O)NCc2ccc(F)cc2)s1)C1CC1. The van der Waals surface area contributed by atoms with Gasteiger partial charge in [-0.05, 0) is 56.2 Å². The van der Waals surface area contributed by atoms with E-state index in [9.17, 15) is 9.18 Å². The summed E-state index contributed by atoms with van der Waals surface area (Å²) in [6.45, 7) is 3.44. The van der Waals surface area contributed by atoms with Crippen LogP contribution in [-0.2, 0) is 13.1 Å². The molecule has 0 aliphatic heterocycles. The molecule has 1 atom stereocenters. The number of amides is 1. The average molecular weight is 374 g/mol. The molecule has 1 aromatic carbocycles. The molecular weight excluding hydrogens is 351 g/mol. The zero-order chi connectivity index (χ0) is 18.1. The van der Waals surface area contributed by atoms with E-state index in [1.165, 1.54) is 49.2 Å². The lowest BCUT2D eigenvalue weighted by Crippen LogP contribution is -2.36. The summed E-state index contributed by atoms with van der Waals surface area (Å²) in [5.74, 6) is 0.308. The topological polar surface area (TPSA) is 58.1 Å². The van der Waals surface area contributed by atoms with Crippen molar-refractivity contribution in [2.45, 2.75) is 57.8 Å². The van der Waals surface area contributed by atoms with Crippen LogP contribution < -0.4 is 5.32 Å². The predicted octanol–water partition coefficient (Wildman–Crippen LogP) is 3.37. The minimum atomic E-state index is -0.283. The Morgan fingerprint density at radius 2 is 2.00 bits per heavy atom. The van der Waals surface area contributed by atoms with Gasteiger partial charge in [-0.2, -0.15) is 0 Å². The molecule has 2 aliphatic carbocycles. The first kappa shape index (κ1) is 17.5. The third-order valence-electron chi connectivity index (χ3n) is 5.19. The average Bonchev–Trinajstić information content (AvgIpc) is 3.56. The number of nitrogens with zero attached hydrogens (tertiary/aromatic N) is 3. The maximum atomic E-state index is 12.9. The van der Waals surface area contributed by atoms with Crippen LogP contribution in [0.5, 0.6) is 0 Å². The summed E-state index contributed by atoms with van der Waals surface area (Å²) >= 11 is 1.37. The largest absolute Gasteiger partial charge is 0.346 e. The molecular formula is C19H23FN4OS. The van der Waals surface area contributed by atoms with Crippen molar-refractivity contribution >= 4 is 17.2 Å². The molecule has 4 rings (SSSR count).